The molecule has 0 heterocycles. The van der Waals surface area contributed by atoms with Crippen LogP contribution in [-0.4, -0.2) is 37.1 Å². The van der Waals surface area contributed by atoms with Gasteiger partial charge in [-0.1, -0.05) is 0 Å². The third kappa shape index (κ3) is 4.83. The summed E-state index contributed by atoms with van der Waals surface area (Å²) in [6.45, 7) is 5.39. The third-order valence-corrected chi connectivity index (χ3v) is 3.32. The molecule has 0 saturated heterocycles. The molecule has 1 N–H and O–H groups in total. The number of carbonyl (C=O) groups is 3. The molecule has 1 amide bonds. The summed E-state index contributed by atoms with van der Waals surface area (Å²) in [6.07, 6.45) is 2.18. The Bertz CT molecular complexity index is 374. The van der Waals surface area contributed by atoms with Crippen LogP contribution in [0, 0.1) is 11.8 Å². The Balaban J connectivity index is 2.49. The minimum absolute atomic E-state index is 0.0676. The largest absolute Gasteiger partial charge is 0.468 e. The number of hydrogen-bond acceptors (Lipinski definition) is 5. The van der Waals surface area contributed by atoms with E-state index in [0.717, 1.165) is 6.42 Å². The number of esters is 1. The third-order valence-electron chi connectivity index (χ3n) is 3.32. The van der Waals surface area contributed by atoms with Crippen molar-refractivity contribution in [2.45, 2.75) is 51.7 Å². The van der Waals surface area contributed by atoms with Gasteiger partial charge >= 0.3 is 12.1 Å². The number of rotatable bonds is 4. The van der Waals surface area contributed by atoms with Crippen molar-refractivity contribution in [3.05, 3.63) is 0 Å². The summed E-state index contributed by atoms with van der Waals surface area (Å²) in [5.74, 6) is -1.34. The molecule has 114 valence electrons. The van der Waals surface area contributed by atoms with E-state index in [2.05, 4.69) is 10.1 Å². The first kappa shape index (κ1) is 16.5. The fourth-order valence-electron chi connectivity index (χ4n) is 2.44. The van der Waals surface area contributed by atoms with Gasteiger partial charge < -0.3 is 19.6 Å². The lowest BCUT2D eigenvalue weighted by atomic mass is 9.92. The standard InChI is InChI=1S/C14H23NO5/c1-14(2,3)20-13(18)15-10-6-5-9(7-10)11(8-16)12(17)19-4/h8-11H,5-7H2,1-4H3,(H,15,18). The van der Waals surface area contributed by atoms with Crippen LogP contribution in [0.2, 0.25) is 0 Å². The quantitative estimate of drug-likeness (QED) is 0.482. The van der Waals surface area contributed by atoms with Gasteiger partial charge in [0, 0.05) is 6.04 Å². The summed E-state index contributed by atoms with van der Waals surface area (Å²) >= 11 is 0. The molecule has 0 radical (unpaired) electrons. The van der Waals surface area contributed by atoms with Crippen molar-refractivity contribution in [2.75, 3.05) is 7.11 Å². The highest BCUT2D eigenvalue weighted by Crippen LogP contribution is 2.31. The van der Waals surface area contributed by atoms with E-state index in [9.17, 15) is 14.4 Å². The Morgan fingerprint density at radius 3 is 2.45 bits per heavy atom. The van der Waals surface area contributed by atoms with Crippen LogP contribution >= 0.6 is 0 Å². The highest BCUT2D eigenvalue weighted by Gasteiger charge is 2.36. The van der Waals surface area contributed by atoms with Gasteiger partial charge in [0.05, 0.1) is 7.11 Å². The van der Waals surface area contributed by atoms with E-state index >= 15 is 0 Å². The molecule has 0 aliphatic heterocycles. The van der Waals surface area contributed by atoms with Crippen LogP contribution in [0.3, 0.4) is 0 Å². The number of aldehydes is 1. The van der Waals surface area contributed by atoms with Gasteiger partial charge in [-0.25, -0.2) is 4.79 Å². The van der Waals surface area contributed by atoms with Crippen LogP contribution in [0.15, 0.2) is 0 Å². The summed E-state index contributed by atoms with van der Waals surface area (Å²) in [5.41, 5.74) is -0.542. The van der Waals surface area contributed by atoms with Crippen molar-refractivity contribution in [2.24, 2.45) is 11.8 Å². The lowest BCUT2D eigenvalue weighted by Gasteiger charge is -2.22. The minimum Gasteiger partial charge on any atom is -0.468 e. The van der Waals surface area contributed by atoms with E-state index in [1.165, 1.54) is 7.11 Å². The first-order valence-corrected chi connectivity index (χ1v) is 6.79. The monoisotopic (exact) mass is 285 g/mol. The van der Waals surface area contributed by atoms with Gasteiger partial charge in [0.1, 0.15) is 17.8 Å². The van der Waals surface area contributed by atoms with Crippen LogP contribution in [-0.2, 0) is 19.1 Å². The predicted octanol–water partition coefficient (Wildman–Crippen LogP) is 1.67. The Hall–Kier alpha value is -1.59. The molecule has 1 saturated carbocycles. The van der Waals surface area contributed by atoms with Crippen LogP contribution in [0.25, 0.3) is 0 Å². The molecule has 3 unspecified atom stereocenters. The summed E-state index contributed by atoms with van der Waals surface area (Å²) in [5, 5.41) is 2.77. The molecule has 1 rings (SSSR count). The Morgan fingerprint density at radius 2 is 1.95 bits per heavy atom. The summed E-state index contributed by atoms with van der Waals surface area (Å²) < 4.78 is 9.79. The van der Waals surface area contributed by atoms with Crippen LogP contribution in [0.5, 0.6) is 0 Å². The number of alkyl carbamates (subject to hydrolysis) is 1. The molecule has 1 aliphatic rings. The number of hydrogen-bond donors (Lipinski definition) is 1. The average Bonchev–Trinajstić information content (AvgIpc) is 2.75. The van der Waals surface area contributed by atoms with Gasteiger partial charge in [0.25, 0.3) is 0 Å². The molecule has 0 spiro atoms. The second kappa shape index (κ2) is 6.72. The molecular weight excluding hydrogens is 262 g/mol. The molecule has 0 aromatic carbocycles. The highest BCUT2D eigenvalue weighted by molar-refractivity contribution is 5.88. The van der Waals surface area contributed by atoms with E-state index in [1.807, 2.05) is 0 Å². The molecule has 3 atom stereocenters. The zero-order valence-corrected chi connectivity index (χ0v) is 12.5. The molecule has 6 nitrogen and oxygen atoms in total. The van der Waals surface area contributed by atoms with Crippen molar-refractivity contribution in [1.29, 1.82) is 0 Å². The van der Waals surface area contributed by atoms with Crippen molar-refractivity contribution < 1.29 is 23.9 Å². The lowest BCUT2D eigenvalue weighted by Crippen LogP contribution is -2.38. The molecule has 1 fully saturated rings. The molecule has 1 aliphatic carbocycles. The number of carbonyl (C=O) groups excluding carboxylic acids is 3. The van der Waals surface area contributed by atoms with Gasteiger partial charge in [-0.2, -0.15) is 0 Å². The Kier molecular flexibility index (Phi) is 5.53. The predicted molar refractivity (Wildman–Crippen MR) is 72.1 cm³/mol. The Morgan fingerprint density at radius 1 is 1.30 bits per heavy atom. The lowest BCUT2D eigenvalue weighted by molar-refractivity contribution is -0.148. The molecule has 0 bridgehead atoms. The zero-order valence-electron chi connectivity index (χ0n) is 12.5. The summed E-state index contributed by atoms with van der Waals surface area (Å²) in [6, 6.07) is -0.0676. The zero-order chi connectivity index (χ0) is 15.3. The van der Waals surface area contributed by atoms with Crippen LogP contribution in [0.4, 0.5) is 4.79 Å². The van der Waals surface area contributed by atoms with Crippen molar-refractivity contribution in [3.8, 4) is 0 Å². The topological polar surface area (TPSA) is 81.7 Å². The van der Waals surface area contributed by atoms with Gasteiger partial charge in [-0.15, -0.1) is 0 Å². The molecule has 20 heavy (non-hydrogen) atoms. The molecule has 0 aromatic heterocycles. The number of ether oxygens (including phenoxy) is 2. The number of amides is 1. The van der Waals surface area contributed by atoms with Crippen molar-refractivity contribution in [1.82, 2.24) is 5.32 Å². The maximum atomic E-state index is 11.7. The van der Waals surface area contributed by atoms with Gasteiger partial charge in [0.2, 0.25) is 0 Å². The molecule has 0 aromatic rings. The van der Waals surface area contributed by atoms with E-state index in [1.54, 1.807) is 20.8 Å². The summed E-state index contributed by atoms with van der Waals surface area (Å²) in [4.78, 5) is 34.1. The van der Waals surface area contributed by atoms with Gasteiger partial charge in [-0.05, 0) is 46.0 Å². The fourth-order valence-corrected chi connectivity index (χ4v) is 2.44. The van der Waals surface area contributed by atoms with Gasteiger partial charge in [0.15, 0.2) is 0 Å². The number of nitrogens with one attached hydrogen (secondary N) is 1. The highest BCUT2D eigenvalue weighted by atomic mass is 16.6. The van der Waals surface area contributed by atoms with Crippen LogP contribution < -0.4 is 5.32 Å². The average molecular weight is 285 g/mol. The first-order valence-electron chi connectivity index (χ1n) is 6.79. The van der Waals surface area contributed by atoms with E-state index in [4.69, 9.17) is 4.74 Å². The number of methoxy groups -OCH3 is 1. The van der Waals surface area contributed by atoms with Crippen LogP contribution in [0.1, 0.15) is 40.0 Å². The maximum Gasteiger partial charge on any atom is 0.407 e. The second-order valence-corrected chi connectivity index (χ2v) is 6.10. The minimum atomic E-state index is -0.745. The fraction of sp³-hybridized carbons (Fsp3) is 0.786. The molecule has 6 heteroatoms. The smallest absolute Gasteiger partial charge is 0.407 e. The summed E-state index contributed by atoms with van der Waals surface area (Å²) in [7, 11) is 1.27. The van der Waals surface area contributed by atoms with E-state index in [-0.39, 0.29) is 12.0 Å². The normalized spacial score (nSPS) is 23.8. The van der Waals surface area contributed by atoms with Crippen molar-refractivity contribution in [3.63, 3.8) is 0 Å². The SMILES string of the molecule is COC(=O)C(C=O)C1CCC(NC(=O)OC(C)(C)C)C1. The molecular formula is C14H23NO5. The van der Waals surface area contributed by atoms with Gasteiger partial charge in [-0.3, -0.25) is 4.79 Å². The second-order valence-electron chi connectivity index (χ2n) is 6.10. The Labute approximate surface area is 119 Å². The maximum absolute atomic E-state index is 11.7. The first-order chi connectivity index (χ1) is 9.26. The van der Waals surface area contributed by atoms with Crippen molar-refractivity contribution >= 4 is 18.3 Å². The van der Waals surface area contributed by atoms with E-state index in [0.29, 0.717) is 19.1 Å². The van der Waals surface area contributed by atoms with E-state index < -0.39 is 23.6 Å².